The topological polar surface area (TPSA) is 52.9 Å². The summed E-state index contributed by atoms with van der Waals surface area (Å²) in [5, 5.41) is 11.8. The van der Waals surface area contributed by atoms with Crippen molar-refractivity contribution in [3.8, 4) is 6.07 Å². The third-order valence-electron chi connectivity index (χ3n) is 3.18. The number of carbonyl (C=O) groups excluding carboxylic acids is 1. The van der Waals surface area contributed by atoms with E-state index in [4.69, 9.17) is 5.26 Å². The summed E-state index contributed by atoms with van der Waals surface area (Å²) in [6.45, 7) is 10.5. The van der Waals surface area contributed by atoms with Gasteiger partial charge in [0.2, 0.25) is 0 Å². The van der Waals surface area contributed by atoms with Crippen LogP contribution >= 0.6 is 0 Å². The molecule has 20 heavy (non-hydrogen) atoms. The minimum Gasteiger partial charge on any atom is -0.336 e. The number of hydrogen-bond donors (Lipinski definition) is 1. The second kappa shape index (κ2) is 6.56. The van der Waals surface area contributed by atoms with E-state index in [9.17, 15) is 4.79 Å². The molecule has 1 amide bonds. The van der Waals surface area contributed by atoms with E-state index in [1.807, 2.05) is 38.1 Å². The number of rotatable bonds is 4. The predicted molar refractivity (Wildman–Crippen MR) is 81.5 cm³/mol. The van der Waals surface area contributed by atoms with Crippen molar-refractivity contribution in [2.24, 2.45) is 5.92 Å². The van der Waals surface area contributed by atoms with Gasteiger partial charge in [-0.1, -0.05) is 46.8 Å². The van der Waals surface area contributed by atoms with Gasteiger partial charge in [-0.2, -0.15) is 5.26 Å². The second-order valence-corrected chi connectivity index (χ2v) is 6.61. The maximum Gasteiger partial charge on any atom is 0.252 e. The first kappa shape index (κ1) is 16.2. The number of nitrogens with zero attached hydrogens (tertiary/aromatic N) is 1. The summed E-state index contributed by atoms with van der Waals surface area (Å²) < 4.78 is 0. The summed E-state index contributed by atoms with van der Waals surface area (Å²) in [6.07, 6.45) is 0.669. The van der Waals surface area contributed by atoms with Crippen LogP contribution in [0.4, 0.5) is 0 Å². The van der Waals surface area contributed by atoms with Gasteiger partial charge in [0.1, 0.15) is 6.04 Å². The maximum absolute atomic E-state index is 12.1. The van der Waals surface area contributed by atoms with Crippen LogP contribution in [-0.2, 0) is 5.41 Å². The number of hydrogen-bond acceptors (Lipinski definition) is 2. The Morgan fingerprint density at radius 1 is 1.25 bits per heavy atom. The van der Waals surface area contributed by atoms with E-state index in [1.54, 1.807) is 0 Å². The number of nitrogens with one attached hydrogen (secondary N) is 1. The van der Waals surface area contributed by atoms with Crippen LogP contribution in [0.3, 0.4) is 0 Å². The van der Waals surface area contributed by atoms with Gasteiger partial charge >= 0.3 is 0 Å². The molecule has 108 valence electrons. The molecule has 0 saturated carbocycles. The van der Waals surface area contributed by atoms with Gasteiger partial charge in [-0.25, -0.2) is 0 Å². The van der Waals surface area contributed by atoms with Gasteiger partial charge in [0, 0.05) is 5.56 Å². The lowest BCUT2D eigenvalue weighted by atomic mass is 9.86. The zero-order valence-corrected chi connectivity index (χ0v) is 13.0. The van der Waals surface area contributed by atoms with Crippen molar-refractivity contribution >= 4 is 5.91 Å². The predicted octanol–water partition coefficient (Wildman–Crippen LogP) is 3.65. The van der Waals surface area contributed by atoms with E-state index in [0.29, 0.717) is 17.9 Å². The molecule has 1 unspecified atom stereocenters. The van der Waals surface area contributed by atoms with Crippen molar-refractivity contribution in [1.82, 2.24) is 5.32 Å². The summed E-state index contributed by atoms with van der Waals surface area (Å²) >= 11 is 0. The fourth-order valence-corrected chi connectivity index (χ4v) is 1.98. The van der Waals surface area contributed by atoms with E-state index in [-0.39, 0.29) is 11.3 Å². The minimum atomic E-state index is -0.426. The Labute approximate surface area is 122 Å². The van der Waals surface area contributed by atoms with E-state index < -0.39 is 6.04 Å². The molecule has 0 aliphatic carbocycles. The Hall–Kier alpha value is -1.82. The van der Waals surface area contributed by atoms with Crippen molar-refractivity contribution in [3.63, 3.8) is 0 Å². The molecule has 0 aromatic heterocycles. The normalized spacial score (nSPS) is 12.8. The van der Waals surface area contributed by atoms with Crippen LogP contribution in [0.1, 0.15) is 57.0 Å². The molecule has 3 nitrogen and oxygen atoms in total. The molecule has 0 saturated heterocycles. The first-order valence-corrected chi connectivity index (χ1v) is 7.05. The molecule has 0 aliphatic rings. The highest BCUT2D eigenvalue weighted by atomic mass is 16.1. The van der Waals surface area contributed by atoms with Crippen LogP contribution in [0.25, 0.3) is 0 Å². The monoisotopic (exact) mass is 272 g/mol. The highest BCUT2D eigenvalue weighted by Crippen LogP contribution is 2.22. The minimum absolute atomic E-state index is 0.0713. The van der Waals surface area contributed by atoms with Crippen LogP contribution in [0.5, 0.6) is 0 Å². The van der Waals surface area contributed by atoms with Gasteiger partial charge in [0.15, 0.2) is 0 Å². The molecule has 0 aliphatic heterocycles. The van der Waals surface area contributed by atoms with Crippen molar-refractivity contribution in [2.45, 2.75) is 52.5 Å². The highest BCUT2D eigenvalue weighted by molar-refractivity contribution is 5.94. The van der Waals surface area contributed by atoms with Crippen LogP contribution in [-0.4, -0.2) is 11.9 Å². The second-order valence-electron chi connectivity index (χ2n) is 6.61. The molecule has 3 heteroatoms. The molecule has 1 aromatic carbocycles. The Morgan fingerprint density at radius 3 is 2.20 bits per heavy atom. The standard InChI is InChI=1S/C17H24N2O/c1-12(2)10-15(11-18)19-16(20)13-6-8-14(9-7-13)17(3,4)5/h6-9,12,15H,10H2,1-5H3,(H,19,20). The van der Waals surface area contributed by atoms with E-state index in [2.05, 4.69) is 32.2 Å². The molecule has 1 aromatic rings. The molecule has 1 rings (SSSR count). The third-order valence-corrected chi connectivity index (χ3v) is 3.18. The van der Waals surface area contributed by atoms with Gasteiger partial charge in [-0.05, 0) is 35.4 Å². The summed E-state index contributed by atoms with van der Waals surface area (Å²) in [4.78, 5) is 12.1. The van der Waals surface area contributed by atoms with Gasteiger partial charge < -0.3 is 5.32 Å². The SMILES string of the molecule is CC(C)CC(C#N)NC(=O)c1ccc(C(C)(C)C)cc1. The van der Waals surface area contributed by atoms with E-state index in [1.165, 1.54) is 5.56 Å². The van der Waals surface area contributed by atoms with Crippen molar-refractivity contribution in [2.75, 3.05) is 0 Å². The fourth-order valence-electron chi connectivity index (χ4n) is 1.98. The van der Waals surface area contributed by atoms with Gasteiger partial charge in [-0.15, -0.1) is 0 Å². The number of nitriles is 1. The largest absolute Gasteiger partial charge is 0.336 e. The lowest BCUT2D eigenvalue weighted by Crippen LogP contribution is -2.34. The number of benzene rings is 1. The summed E-state index contributed by atoms with van der Waals surface area (Å²) in [7, 11) is 0. The molecule has 0 bridgehead atoms. The lowest BCUT2D eigenvalue weighted by molar-refractivity contribution is 0.0942. The average molecular weight is 272 g/mol. The van der Waals surface area contributed by atoms with Crippen molar-refractivity contribution in [1.29, 1.82) is 5.26 Å². The van der Waals surface area contributed by atoms with Crippen molar-refractivity contribution in [3.05, 3.63) is 35.4 Å². The molecular weight excluding hydrogens is 248 g/mol. The van der Waals surface area contributed by atoms with Gasteiger partial charge in [0.05, 0.1) is 6.07 Å². The highest BCUT2D eigenvalue weighted by Gasteiger charge is 2.16. The lowest BCUT2D eigenvalue weighted by Gasteiger charge is -2.19. The number of amides is 1. The summed E-state index contributed by atoms with van der Waals surface area (Å²) in [6, 6.07) is 9.29. The van der Waals surface area contributed by atoms with Crippen molar-refractivity contribution < 1.29 is 4.79 Å². The van der Waals surface area contributed by atoms with Crippen LogP contribution in [0, 0.1) is 17.2 Å². The average Bonchev–Trinajstić information content (AvgIpc) is 2.36. The molecule has 1 N–H and O–H groups in total. The van der Waals surface area contributed by atoms with Crippen LogP contribution < -0.4 is 5.32 Å². The Bertz CT molecular complexity index is 489. The molecule has 1 atom stereocenters. The van der Waals surface area contributed by atoms with Crippen LogP contribution in [0.2, 0.25) is 0 Å². The Morgan fingerprint density at radius 2 is 1.80 bits per heavy atom. The van der Waals surface area contributed by atoms with E-state index in [0.717, 1.165) is 0 Å². The van der Waals surface area contributed by atoms with E-state index >= 15 is 0 Å². The summed E-state index contributed by atoms with van der Waals surface area (Å²) in [5.74, 6) is 0.195. The third kappa shape index (κ3) is 4.70. The Balaban J connectivity index is 2.76. The quantitative estimate of drug-likeness (QED) is 0.909. The molecule has 0 fully saturated rings. The van der Waals surface area contributed by atoms with Gasteiger partial charge in [0.25, 0.3) is 5.91 Å². The smallest absolute Gasteiger partial charge is 0.252 e. The summed E-state index contributed by atoms with van der Waals surface area (Å²) in [5.41, 5.74) is 1.86. The molecule has 0 radical (unpaired) electrons. The zero-order chi connectivity index (χ0) is 15.3. The van der Waals surface area contributed by atoms with Crippen LogP contribution in [0.15, 0.2) is 24.3 Å². The first-order valence-electron chi connectivity index (χ1n) is 7.05. The molecule has 0 spiro atoms. The number of carbonyl (C=O) groups is 1. The fraction of sp³-hybridized carbons (Fsp3) is 0.529. The Kier molecular flexibility index (Phi) is 5.33. The first-order chi connectivity index (χ1) is 9.24. The molecule has 0 heterocycles. The zero-order valence-electron chi connectivity index (χ0n) is 13.0. The molecular formula is C17H24N2O. The maximum atomic E-state index is 12.1. The van der Waals surface area contributed by atoms with Gasteiger partial charge in [-0.3, -0.25) is 4.79 Å².